The molecule has 0 spiro atoms. The van der Waals surface area contributed by atoms with E-state index in [1.54, 1.807) is 0 Å². The van der Waals surface area contributed by atoms with E-state index in [4.69, 9.17) is 0 Å². The average Bonchev–Trinajstić information content (AvgIpc) is 2.53. The van der Waals surface area contributed by atoms with Crippen LogP contribution < -0.4 is 0 Å². The third-order valence-corrected chi connectivity index (χ3v) is 6.50. The Labute approximate surface area is 160 Å². The van der Waals surface area contributed by atoms with Gasteiger partial charge in [-0.2, -0.15) is 0 Å². The van der Waals surface area contributed by atoms with E-state index in [0.717, 1.165) is 51.9 Å². The molecule has 0 aromatic heterocycles. The highest BCUT2D eigenvalue weighted by molar-refractivity contribution is 5.84. The first-order valence-electron chi connectivity index (χ1n) is 10.4. The molecule has 0 aliphatic carbocycles. The van der Waals surface area contributed by atoms with Gasteiger partial charge in [0.05, 0.1) is 0 Å². The lowest BCUT2D eigenvalue weighted by Crippen LogP contribution is -2.50. The van der Waals surface area contributed by atoms with Crippen LogP contribution in [0.15, 0.2) is 0 Å². The van der Waals surface area contributed by atoms with Gasteiger partial charge in [0.1, 0.15) is 5.78 Å². The Morgan fingerprint density at radius 2 is 1.42 bits per heavy atom. The van der Waals surface area contributed by atoms with Gasteiger partial charge in [-0.05, 0) is 65.0 Å². The highest BCUT2D eigenvalue weighted by atomic mass is 16.2. The number of amides is 1. The number of rotatable bonds is 3. The second kappa shape index (κ2) is 7.61. The minimum atomic E-state index is -0.267. The molecule has 2 aliphatic heterocycles. The summed E-state index contributed by atoms with van der Waals surface area (Å²) in [6.45, 7) is 18.6. The Kier molecular flexibility index (Phi) is 6.27. The van der Waals surface area contributed by atoms with Crippen LogP contribution in [0, 0.1) is 16.7 Å². The second-order valence-electron chi connectivity index (χ2n) is 10.9. The lowest BCUT2D eigenvalue weighted by Gasteiger charge is -2.44. The first-order valence-corrected chi connectivity index (χ1v) is 10.4. The molecule has 0 bridgehead atoms. The van der Waals surface area contributed by atoms with E-state index < -0.39 is 0 Å². The largest absolute Gasteiger partial charge is 0.342 e. The van der Waals surface area contributed by atoms with E-state index in [1.807, 2.05) is 20.8 Å². The molecule has 0 unspecified atom stereocenters. The number of carbonyl (C=O) groups excluding carboxylic acids is 2. The zero-order valence-corrected chi connectivity index (χ0v) is 18.2. The Morgan fingerprint density at radius 3 is 1.85 bits per heavy atom. The van der Waals surface area contributed by atoms with Crippen molar-refractivity contribution < 1.29 is 9.59 Å². The molecule has 2 aliphatic rings. The number of carbonyl (C=O) groups is 2. The van der Waals surface area contributed by atoms with Crippen molar-refractivity contribution in [3.05, 3.63) is 0 Å². The molecular weight excluding hydrogens is 324 g/mol. The normalized spacial score (nSPS) is 23.1. The predicted molar refractivity (Wildman–Crippen MR) is 107 cm³/mol. The van der Waals surface area contributed by atoms with Gasteiger partial charge in [-0.25, -0.2) is 0 Å². The molecule has 0 N–H and O–H groups in total. The zero-order valence-electron chi connectivity index (χ0n) is 18.2. The van der Waals surface area contributed by atoms with Gasteiger partial charge in [0.25, 0.3) is 0 Å². The summed E-state index contributed by atoms with van der Waals surface area (Å²) in [7, 11) is 0. The predicted octanol–water partition coefficient (Wildman–Crippen LogP) is 4.13. The summed E-state index contributed by atoms with van der Waals surface area (Å²) in [5.74, 6) is 0.881. The number of ketones is 1. The maximum atomic E-state index is 12.9. The lowest BCUT2D eigenvalue weighted by atomic mass is 9.72. The molecule has 2 rings (SSSR count). The van der Waals surface area contributed by atoms with Crippen LogP contribution in [-0.4, -0.2) is 53.2 Å². The summed E-state index contributed by atoms with van der Waals surface area (Å²) in [4.78, 5) is 29.9. The number of hydrogen-bond acceptors (Lipinski definition) is 3. The van der Waals surface area contributed by atoms with Gasteiger partial charge in [-0.3, -0.25) is 14.5 Å². The Balaban J connectivity index is 1.84. The fraction of sp³-hybridized carbons (Fsp3) is 0.909. The molecule has 4 heteroatoms. The molecule has 0 atom stereocenters. The summed E-state index contributed by atoms with van der Waals surface area (Å²) in [5, 5.41) is 0. The maximum absolute atomic E-state index is 12.9. The molecule has 2 fully saturated rings. The van der Waals surface area contributed by atoms with Crippen LogP contribution in [0.25, 0.3) is 0 Å². The third kappa shape index (κ3) is 5.31. The Morgan fingerprint density at radius 1 is 0.923 bits per heavy atom. The van der Waals surface area contributed by atoms with Gasteiger partial charge in [-0.1, -0.05) is 27.7 Å². The fourth-order valence-corrected chi connectivity index (χ4v) is 4.15. The van der Waals surface area contributed by atoms with Crippen molar-refractivity contribution in [1.29, 1.82) is 0 Å². The van der Waals surface area contributed by atoms with Crippen LogP contribution in [0.4, 0.5) is 0 Å². The minimum absolute atomic E-state index is 0.0523. The highest BCUT2D eigenvalue weighted by Gasteiger charge is 2.38. The van der Waals surface area contributed by atoms with Crippen molar-refractivity contribution in [3.8, 4) is 0 Å². The molecular formula is C22H40N2O2. The molecule has 0 aromatic rings. The monoisotopic (exact) mass is 364 g/mol. The molecule has 0 radical (unpaired) electrons. The third-order valence-electron chi connectivity index (χ3n) is 6.50. The first kappa shape index (κ1) is 21.4. The van der Waals surface area contributed by atoms with E-state index >= 15 is 0 Å². The van der Waals surface area contributed by atoms with Crippen LogP contribution in [-0.2, 0) is 9.59 Å². The molecule has 0 saturated carbocycles. The van der Waals surface area contributed by atoms with E-state index in [2.05, 4.69) is 37.5 Å². The van der Waals surface area contributed by atoms with E-state index in [1.165, 1.54) is 0 Å². The van der Waals surface area contributed by atoms with Crippen molar-refractivity contribution in [2.24, 2.45) is 16.7 Å². The Bertz CT molecular complexity index is 511. The fourth-order valence-electron chi connectivity index (χ4n) is 4.15. The molecule has 150 valence electrons. The summed E-state index contributed by atoms with van der Waals surface area (Å²) < 4.78 is 0. The number of piperidine rings is 2. The number of nitrogens with zero attached hydrogens (tertiary/aromatic N) is 2. The van der Waals surface area contributed by atoms with Gasteiger partial charge >= 0.3 is 0 Å². The summed E-state index contributed by atoms with van der Waals surface area (Å²) >= 11 is 0. The van der Waals surface area contributed by atoms with Crippen molar-refractivity contribution in [2.75, 3.05) is 26.2 Å². The van der Waals surface area contributed by atoms with Gasteiger partial charge in [0, 0.05) is 36.4 Å². The Hall–Kier alpha value is -0.900. The number of hydrogen-bond donors (Lipinski definition) is 0. The zero-order chi connectivity index (χ0) is 19.8. The van der Waals surface area contributed by atoms with Crippen molar-refractivity contribution >= 4 is 11.7 Å². The van der Waals surface area contributed by atoms with E-state index in [0.29, 0.717) is 18.1 Å². The average molecular weight is 365 g/mol. The lowest BCUT2D eigenvalue weighted by molar-refractivity contribution is -0.140. The van der Waals surface area contributed by atoms with Crippen LogP contribution in [0.2, 0.25) is 0 Å². The summed E-state index contributed by atoms with van der Waals surface area (Å²) in [6.07, 6.45) is 4.49. The smallest absolute Gasteiger partial charge is 0.225 e. The topological polar surface area (TPSA) is 40.6 Å². The molecule has 0 aromatic carbocycles. The van der Waals surface area contributed by atoms with Gasteiger partial charge in [0.2, 0.25) is 5.91 Å². The van der Waals surface area contributed by atoms with Crippen LogP contribution in [0.5, 0.6) is 0 Å². The summed E-state index contributed by atoms with van der Waals surface area (Å²) in [6, 6.07) is 0. The van der Waals surface area contributed by atoms with Crippen LogP contribution in [0.3, 0.4) is 0 Å². The van der Waals surface area contributed by atoms with E-state index in [9.17, 15) is 9.59 Å². The molecule has 1 amide bonds. The van der Waals surface area contributed by atoms with Crippen LogP contribution >= 0.6 is 0 Å². The van der Waals surface area contributed by atoms with Gasteiger partial charge in [0.15, 0.2) is 0 Å². The maximum Gasteiger partial charge on any atom is 0.225 e. The van der Waals surface area contributed by atoms with Crippen LogP contribution in [0.1, 0.15) is 80.6 Å². The highest BCUT2D eigenvalue weighted by Crippen LogP contribution is 2.38. The number of Topliss-reactive ketones (excluding diaryl/α,β-unsaturated/α-hetero) is 1. The molecule has 4 nitrogen and oxygen atoms in total. The van der Waals surface area contributed by atoms with Crippen molar-refractivity contribution in [1.82, 2.24) is 9.80 Å². The van der Waals surface area contributed by atoms with Gasteiger partial charge in [-0.15, -0.1) is 0 Å². The first-order chi connectivity index (χ1) is 11.8. The van der Waals surface area contributed by atoms with Crippen molar-refractivity contribution in [2.45, 2.75) is 86.1 Å². The molecule has 2 saturated heterocycles. The molecule has 2 heterocycles. The van der Waals surface area contributed by atoms with Gasteiger partial charge < -0.3 is 4.90 Å². The standard InChI is InChI=1S/C22H40N2O2/c1-20(2,3)18(25)16-22(7)10-14-23(15-11-22)19(26)17-8-12-24(13-9-17)21(4,5)6/h17H,8-16H2,1-7H3. The second-order valence-corrected chi connectivity index (χ2v) is 10.9. The van der Waals surface area contributed by atoms with E-state index in [-0.39, 0.29) is 22.3 Å². The molecule has 26 heavy (non-hydrogen) atoms. The quantitative estimate of drug-likeness (QED) is 0.756. The SMILES string of the molecule is CC1(CC(=O)C(C)(C)C)CCN(C(=O)C2CCN(C(C)(C)C)CC2)CC1. The number of likely N-dealkylation sites (tertiary alicyclic amines) is 2. The minimum Gasteiger partial charge on any atom is -0.342 e. The van der Waals surface area contributed by atoms with Crippen molar-refractivity contribution in [3.63, 3.8) is 0 Å². The summed E-state index contributed by atoms with van der Waals surface area (Å²) in [5.41, 5.74) is -0.0196.